The van der Waals surface area contributed by atoms with Gasteiger partial charge < -0.3 is 10.1 Å². The van der Waals surface area contributed by atoms with Crippen LogP contribution in [-0.2, 0) is 9.53 Å². The summed E-state index contributed by atoms with van der Waals surface area (Å²) < 4.78 is 4.99. The van der Waals surface area contributed by atoms with Gasteiger partial charge in [0.25, 0.3) is 5.91 Å². The van der Waals surface area contributed by atoms with E-state index in [-0.39, 0.29) is 15.7 Å². The number of para-hydroxylation sites is 1. The average molecular weight is 381 g/mol. The molecule has 2 aromatic rings. The van der Waals surface area contributed by atoms with Crippen LogP contribution in [0.25, 0.3) is 0 Å². The van der Waals surface area contributed by atoms with Crippen LogP contribution in [0.15, 0.2) is 36.5 Å². The SMILES string of the molecule is CCC(C)c1ccccc1NC(=O)COC(=O)c1cnc(Cl)c(Cl)c1. The van der Waals surface area contributed by atoms with Crippen LogP contribution in [0.5, 0.6) is 0 Å². The molecule has 1 unspecified atom stereocenters. The Morgan fingerprint density at radius 2 is 2.00 bits per heavy atom. The first kappa shape index (κ1) is 19.2. The van der Waals surface area contributed by atoms with Crippen molar-refractivity contribution in [3.8, 4) is 0 Å². The number of benzene rings is 1. The van der Waals surface area contributed by atoms with Gasteiger partial charge in [0.2, 0.25) is 0 Å². The Bertz CT molecular complexity index is 781. The minimum atomic E-state index is -0.698. The van der Waals surface area contributed by atoms with Crippen molar-refractivity contribution in [1.29, 1.82) is 0 Å². The summed E-state index contributed by atoms with van der Waals surface area (Å²) in [7, 11) is 0. The van der Waals surface area contributed by atoms with Gasteiger partial charge in [-0.1, -0.05) is 55.2 Å². The molecule has 7 heteroatoms. The maximum Gasteiger partial charge on any atom is 0.340 e. The number of aromatic nitrogens is 1. The molecule has 0 bridgehead atoms. The highest BCUT2D eigenvalue weighted by atomic mass is 35.5. The van der Waals surface area contributed by atoms with E-state index in [0.29, 0.717) is 11.6 Å². The van der Waals surface area contributed by atoms with E-state index >= 15 is 0 Å². The van der Waals surface area contributed by atoms with Gasteiger partial charge in [-0.15, -0.1) is 0 Å². The van der Waals surface area contributed by atoms with Crippen molar-refractivity contribution in [3.05, 3.63) is 57.8 Å². The molecule has 1 N–H and O–H groups in total. The molecule has 1 aromatic carbocycles. The number of esters is 1. The second kappa shape index (κ2) is 8.83. The maximum absolute atomic E-state index is 12.1. The maximum atomic E-state index is 12.1. The van der Waals surface area contributed by atoms with Gasteiger partial charge in [0.1, 0.15) is 5.15 Å². The number of amides is 1. The zero-order valence-electron chi connectivity index (χ0n) is 13.9. The lowest BCUT2D eigenvalue weighted by atomic mass is 9.97. The van der Waals surface area contributed by atoms with Gasteiger partial charge in [-0.05, 0) is 30.0 Å². The first-order valence-electron chi connectivity index (χ1n) is 7.79. The smallest absolute Gasteiger partial charge is 0.340 e. The number of nitrogens with zero attached hydrogens (tertiary/aromatic N) is 1. The van der Waals surface area contributed by atoms with E-state index in [2.05, 4.69) is 24.1 Å². The van der Waals surface area contributed by atoms with Crippen molar-refractivity contribution >= 4 is 40.8 Å². The Hall–Kier alpha value is -2.11. The lowest BCUT2D eigenvalue weighted by Crippen LogP contribution is -2.21. The van der Waals surface area contributed by atoms with Gasteiger partial charge in [-0.25, -0.2) is 9.78 Å². The van der Waals surface area contributed by atoms with Gasteiger partial charge in [0.15, 0.2) is 6.61 Å². The van der Waals surface area contributed by atoms with Crippen molar-refractivity contribution in [3.63, 3.8) is 0 Å². The van der Waals surface area contributed by atoms with E-state index in [9.17, 15) is 9.59 Å². The highest BCUT2D eigenvalue weighted by Crippen LogP contribution is 2.26. The van der Waals surface area contributed by atoms with E-state index in [1.54, 1.807) is 0 Å². The van der Waals surface area contributed by atoms with E-state index in [1.165, 1.54) is 12.3 Å². The average Bonchev–Trinajstić information content (AvgIpc) is 2.61. The minimum absolute atomic E-state index is 0.0950. The fourth-order valence-corrected chi connectivity index (χ4v) is 2.46. The van der Waals surface area contributed by atoms with Gasteiger partial charge >= 0.3 is 5.97 Å². The molecule has 0 radical (unpaired) electrons. The molecule has 25 heavy (non-hydrogen) atoms. The summed E-state index contributed by atoms with van der Waals surface area (Å²) >= 11 is 11.5. The first-order chi connectivity index (χ1) is 11.9. The third-order valence-corrected chi connectivity index (χ3v) is 4.43. The van der Waals surface area contributed by atoms with Crippen LogP contribution < -0.4 is 5.32 Å². The van der Waals surface area contributed by atoms with Crippen LogP contribution in [0.2, 0.25) is 10.2 Å². The molecule has 1 aromatic heterocycles. The molecule has 1 amide bonds. The second-order valence-electron chi connectivity index (χ2n) is 5.52. The van der Waals surface area contributed by atoms with Gasteiger partial charge in [0, 0.05) is 11.9 Å². The minimum Gasteiger partial charge on any atom is -0.452 e. The Morgan fingerprint density at radius 1 is 1.28 bits per heavy atom. The lowest BCUT2D eigenvalue weighted by Gasteiger charge is -2.15. The fourth-order valence-electron chi connectivity index (χ4n) is 2.19. The number of carbonyl (C=O) groups excluding carboxylic acids is 2. The summed E-state index contributed by atoms with van der Waals surface area (Å²) in [5.74, 6) is -0.810. The van der Waals surface area contributed by atoms with Crippen LogP contribution >= 0.6 is 23.2 Å². The molecule has 0 saturated carbocycles. The van der Waals surface area contributed by atoms with Crippen molar-refractivity contribution in [2.45, 2.75) is 26.2 Å². The monoisotopic (exact) mass is 380 g/mol. The summed E-state index contributed by atoms with van der Waals surface area (Å²) in [6, 6.07) is 8.90. The first-order valence-corrected chi connectivity index (χ1v) is 8.55. The Labute approximate surface area is 156 Å². The third-order valence-electron chi connectivity index (χ3n) is 3.74. The molecule has 0 fully saturated rings. The Morgan fingerprint density at radius 3 is 2.68 bits per heavy atom. The number of anilines is 1. The largest absolute Gasteiger partial charge is 0.452 e. The summed E-state index contributed by atoms with van der Waals surface area (Å²) in [4.78, 5) is 27.8. The zero-order valence-corrected chi connectivity index (χ0v) is 15.4. The van der Waals surface area contributed by atoms with Crippen molar-refractivity contribution in [1.82, 2.24) is 4.98 Å². The van der Waals surface area contributed by atoms with Crippen molar-refractivity contribution in [2.75, 3.05) is 11.9 Å². The van der Waals surface area contributed by atoms with E-state index < -0.39 is 18.5 Å². The predicted molar refractivity (Wildman–Crippen MR) is 98.3 cm³/mol. The van der Waals surface area contributed by atoms with Gasteiger partial charge in [-0.2, -0.15) is 0 Å². The van der Waals surface area contributed by atoms with E-state index in [4.69, 9.17) is 27.9 Å². The number of rotatable bonds is 6. The third kappa shape index (κ3) is 5.18. The molecule has 0 aliphatic heterocycles. The van der Waals surface area contributed by atoms with Crippen LogP contribution in [0.4, 0.5) is 5.69 Å². The number of halogens is 2. The molecule has 132 valence electrons. The number of hydrogen-bond acceptors (Lipinski definition) is 4. The molecule has 0 spiro atoms. The summed E-state index contributed by atoms with van der Waals surface area (Å²) in [5.41, 5.74) is 1.88. The number of pyridine rings is 1. The van der Waals surface area contributed by atoms with E-state index in [1.807, 2.05) is 24.3 Å². The highest BCUT2D eigenvalue weighted by Gasteiger charge is 2.14. The standard InChI is InChI=1S/C18H18Cl2N2O3/c1-3-11(2)13-6-4-5-7-15(13)22-16(23)10-25-18(24)12-8-14(19)17(20)21-9-12/h4-9,11H,3,10H2,1-2H3,(H,22,23). The quantitative estimate of drug-likeness (QED) is 0.582. The molecule has 5 nitrogen and oxygen atoms in total. The van der Waals surface area contributed by atoms with Crippen molar-refractivity contribution in [2.24, 2.45) is 0 Å². The zero-order chi connectivity index (χ0) is 18.4. The summed E-state index contributed by atoms with van der Waals surface area (Å²) in [5, 5.41) is 3.01. The van der Waals surface area contributed by atoms with Crippen LogP contribution in [0.3, 0.4) is 0 Å². The molecule has 1 atom stereocenters. The molecule has 0 aliphatic carbocycles. The highest BCUT2D eigenvalue weighted by molar-refractivity contribution is 6.41. The normalized spacial score (nSPS) is 11.7. The lowest BCUT2D eigenvalue weighted by molar-refractivity contribution is -0.119. The van der Waals surface area contributed by atoms with Gasteiger partial charge in [-0.3, -0.25) is 4.79 Å². The van der Waals surface area contributed by atoms with Crippen molar-refractivity contribution < 1.29 is 14.3 Å². The number of nitrogens with one attached hydrogen (secondary N) is 1. The molecular weight excluding hydrogens is 363 g/mol. The number of hydrogen-bond donors (Lipinski definition) is 1. The molecule has 0 saturated heterocycles. The van der Waals surface area contributed by atoms with E-state index in [0.717, 1.165) is 12.0 Å². The predicted octanol–water partition coefficient (Wildman–Crippen LogP) is 4.70. The Kier molecular flexibility index (Phi) is 6.79. The number of ether oxygens (including phenoxy) is 1. The second-order valence-corrected chi connectivity index (χ2v) is 6.28. The topological polar surface area (TPSA) is 68.3 Å². The summed E-state index contributed by atoms with van der Waals surface area (Å²) in [6.07, 6.45) is 2.19. The van der Waals surface area contributed by atoms with Crippen LogP contribution in [0, 0.1) is 0 Å². The molecule has 0 aliphatic rings. The molecular formula is C18H18Cl2N2O3. The summed E-state index contributed by atoms with van der Waals surface area (Å²) in [6.45, 7) is 3.76. The Balaban J connectivity index is 1.97. The van der Waals surface area contributed by atoms with Crippen LogP contribution in [-0.4, -0.2) is 23.5 Å². The molecule has 2 rings (SSSR count). The number of carbonyl (C=O) groups is 2. The fraction of sp³-hybridized carbons (Fsp3) is 0.278. The van der Waals surface area contributed by atoms with Gasteiger partial charge in [0.05, 0.1) is 10.6 Å². The molecule has 1 heterocycles. The van der Waals surface area contributed by atoms with Crippen LogP contribution in [0.1, 0.15) is 42.1 Å².